The molecule has 0 atom stereocenters. The van der Waals surface area contributed by atoms with Crippen molar-refractivity contribution in [3.63, 3.8) is 0 Å². The van der Waals surface area contributed by atoms with Crippen LogP contribution in [-0.2, 0) is 6.54 Å². The SMILES string of the molecule is CC(C)NCc1c(-n2ccnc2C#N)nc2sccn12. The molecule has 0 saturated carbocycles. The lowest BCUT2D eigenvalue weighted by molar-refractivity contribution is 0.578. The fraction of sp³-hybridized carbons (Fsp3) is 0.308. The molecule has 0 aliphatic rings. The lowest BCUT2D eigenvalue weighted by Gasteiger charge is -2.09. The molecule has 7 heteroatoms. The Labute approximate surface area is 120 Å². The molecule has 0 aliphatic heterocycles. The van der Waals surface area contributed by atoms with E-state index < -0.39 is 0 Å². The monoisotopic (exact) mass is 286 g/mol. The van der Waals surface area contributed by atoms with E-state index in [1.165, 1.54) is 0 Å². The van der Waals surface area contributed by atoms with E-state index in [1.807, 2.05) is 11.6 Å². The van der Waals surface area contributed by atoms with Gasteiger partial charge in [-0.3, -0.25) is 8.97 Å². The first kappa shape index (κ1) is 12.8. The summed E-state index contributed by atoms with van der Waals surface area (Å²) in [6, 6.07) is 2.47. The zero-order chi connectivity index (χ0) is 14.1. The Morgan fingerprint density at radius 2 is 2.30 bits per heavy atom. The molecule has 0 radical (unpaired) electrons. The van der Waals surface area contributed by atoms with Crippen LogP contribution in [0.5, 0.6) is 0 Å². The molecule has 3 rings (SSSR count). The van der Waals surface area contributed by atoms with Gasteiger partial charge in [0.25, 0.3) is 0 Å². The van der Waals surface area contributed by atoms with Crippen molar-refractivity contribution in [2.75, 3.05) is 0 Å². The van der Waals surface area contributed by atoms with Crippen LogP contribution in [0.4, 0.5) is 0 Å². The van der Waals surface area contributed by atoms with E-state index in [2.05, 4.69) is 39.6 Å². The van der Waals surface area contributed by atoms with Gasteiger partial charge in [0.1, 0.15) is 6.07 Å². The molecule has 6 nitrogen and oxygen atoms in total. The van der Waals surface area contributed by atoms with E-state index in [-0.39, 0.29) is 0 Å². The number of aromatic nitrogens is 4. The Bertz CT molecular complexity index is 772. The number of nitrogens with zero attached hydrogens (tertiary/aromatic N) is 5. The van der Waals surface area contributed by atoms with Gasteiger partial charge in [-0.05, 0) is 0 Å². The van der Waals surface area contributed by atoms with Gasteiger partial charge in [0.2, 0.25) is 5.82 Å². The highest BCUT2D eigenvalue weighted by Crippen LogP contribution is 2.21. The molecule has 0 amide bonds. The first-order chi connectivity index (χ1) is 9.70. The number of thiazole rings is 1. The van der Waals surface area contributed by atoms with E-state index in [4.69, 9.17) is 5.26 Å². The summed E-state index contributed by atoms with van der Waals surface area (Å²) in [5, 5.41) is 14.5. The fourth-order valence-electron chi connectivity index (χ4n) is 2.04. The summed E-state index contributed by atoms with van der Waals surface area (Å²) in [7, 11) is 0. The molecule has 0 fully saturated rings. The Morgan fingerprint density at radius 1 is 1.45 bits per heavy atom. The number of nitriles is 1. The Balaban J connectivity index is 2.12. The largest absolute Gasteiger partial charge is 0.309 e. The standard InChI is InChI=1S/C13H14N6S/c1-9(2)16-8-10-12(17-13-18(10)5-6-20-13)19-4-3-15-11(19)7-14/h3-6,9,16H,8H2,1-2H3. The van der Waals surface area contributed by atoms with E-state index in [0.717, 1.165) is 16.5 Å². The van der Waals surface area contributed by atoms with Crippen molar-refractivity contribution in [1.29, 1.82) is 5.26 Å². The van der Waals surface area contributed by atoms with Crippen molar-refractivity contribution in [3.8, 4) is 11.9 Å². The number of nitrogens with one attached hydrogen (secondary N) is 1. The highest BCUT2D eigenvalue weighted by molar-refractivity contribution is 7.15. The highest BCUT2D eigenvalue weighted by atomic mass is 32.1. The van der Waals surface area contributed by atoms with Crippen LogP contribution in [0.15, 0.2) is 24.0 Å². The van der Waals surface area contributed by atoms with Crippen LogP contribution >= 0.6 is 11.3 Å². The molecule has 1 N–H and O–H groups in total. The maximum Gasteiger partial charge on any atom is 0.218 e. The van der Waals surface area contributed by atoms with Gasteiger partial charge in [-0.15, -0.1) is 11.3 Å². The van der Waals surface area contributed by atoms with Crippen LogP contribution in [0.3, 0.4) is 0 Å². The number of imidazole rings is 2. The van der Waals surface area contributed by atoms with Crippen molar-refractivity contribution in [2.24, 2.45) is 0 Å². The number of fused-ring (bicyclic) bond motifs is 1. The first-order valence-corrected chi connectivity index (χ1v) is 7.20. The Morgan fingerprint density at radius 3 is 3.05 bits per heavy atom. The molecule has 0 saturated heterocycles. The van der Waals surface area contributed by atoms with E-state index >= 15 is 0 Å². The molecular weight excluding hydrogens is 272 g/mol. The van der Waals surface area contributed by atoms with Gasteiger partial charge in [0, 0.05) is 36.6 Å². The third kappa shape index (κ3) is 2.09. The summed E-state index contributed by atoms with van der Waals surface area (Å²) in [6.45, 7) is 4.89. The molecule has 3 aromatic rings. The Kier molecular flexibility index (Phi) is 3.26. The molecular formula is C13H14N6S. The summed E-state index contributed by atoms with van der Waals surface area (Å²) in [5.41, 5.74) is 1.03. The van der Waals surface area contributed by atoms with E-state index in [9.17, 15) is 0 Å². The quantitative estimate of drug-likeness (QED) is 0.795. The normalized spacial score (nSPS) is 11.3. The summed E-state index contributed by atoms with van der Waals surface area (Å²) in [5.74, 6) is 1.11. The molecule has 3 aromatic heterocycles. The third-order valence-corrected chi connectivity index (χ3v) is 3.74. The van der Waals surface area contributed by atoms with Crippen molar-refractivity contribution in [3.05, 3.63) is 35.5 Å². The van der Waals surface area contributed by atoms with Gasteiger partial charge in [0.05, 0.1) is 5.69 Å². The maximum atomic E-state index is 9.12. The molecule has 20 heavy (non-hydrogen) atoms. The summed E-state index contributed by atoms with van der Waals surface area (Å²) < 4.78 is 3.79. The molecule has 0 aromatic carbocycles. The van der Waals surface area contributed by atoms with Gasteiger partial charge in [0.15, 0.2) is 10.8 Å². The van der Waals surface area contributed by atoms with Crippen LogP contribution in [0.25, 0.3) is 10.8 Å². The average molecular weight is 286 g/mol. The van der Waals surface area contributed by atoms with E-state index in [0.29, 0.717) is 18.4 Å². The average Bonchev–Trinajstić information content (AvgIpc) is 3.10. The van der Waals surface area contributed by atoms with Gasteiger partial charge < -0.3 is 5.32 Å². The number of hydrogen-bond acceptors (Lipinski definition) is 5. The van der Waals surface area contributed by atoms with Crippen molar-refractivity contribution >= 4 is 16.3 Å². The van der Waals surface area contributed by atoms with Crippen LogP contribution in [0, 0.1) is 11.3 Å². The second kappa shape index (κ2) is 5.07. The van der Waals surface area contributed by atoms with Crippen LogP contribution < -0.4 is 5.32 Å². The molecule has 3 heterocycles. The molecule has 0 aliphatic carbocycles. The predicted molar refractivity (Wildman–Crippen MR) is 76.9 cm³/mol. The molecule has 0 unspecified atom stereocenters. The lowest BCUT2D eigenvalue weighted by Crippen LogP contribution is -2.23. The van der Waals surface area contributed by atoms with E-state index in [1.54, 1.807) is 28.3 Å². The highest BCUT2D eigenvalue weighted by Gasteiger charge is 2.17. The molecule has 0 bridgehead atoms. The third-order valence-electron chi connectivity index (χ3n) is 2.99. The van der Waals surface area contributed by atoms with Crippen molar-refractivity contribution in [1.82, 2.24) is 24.3 Å². The topological polar surface area (TPSA) is 70.9 Å². The van der Waals surface area contributed by atoms with Crippen molar-refractivity contribution in [2.45, 2.75) is 26.4 Å². The summed E-state index contributed by atoms with van der Waals surface area (Å²) in [6.07, 6.45) is 5.38. The second-order valence-corrected chi connectivity index (χ2v) is 5.58. The van der Waals surface area contributed by atoms with Crippen LogP contribution in [0.2, 0.25) is 0 Å². The maximum absolute atomic E-state index is 9.12. The zero-order valence-corrected chi connectivity index (χ0v) is 12.1. The smallest absolute Gasteiger partial charge is 0.218 e. The number of hydrogen-bond donors (Lipinski definition) is 1. The summed E-state index contributed by atoms with van der Waals surface area (Å²) >= 11 is 1.57. The van der Waals surface area contributed by atoms with Gasteiger partial charge >= 0.3 is 0 Å². The van der Waals surface area contributed by atoms with Crippen LogP contribution in [0.1, 0.15) is 25.4 Å². The minimum Gasteiger partial charge on any atom is -0.309 e. The first-order valence-electron chi connectivity index (χ1n) is 6.32. The minimum absolute atomic E-state index is 0.349. The van der Waals surface area contributed by atoms with Gasteiger partial charge in [-0.25, -0.2) is 9.97 Å². The zero-order valence-electron chi connectivity index (χ0n) is 11.2. The molecule has 0 spiro atoms. The molecule has 102 valence electrons. The Hall–Kier alpha value is -2.17. The van der Waals surface area contributed by atoms with Crippen molar-refractivity contribution < 1.29 is 0 Å². The number of rotatable bonds is 4. The second-order valence-electron chi connectivity index (χ2n) is 4.71. The van der Waals surface area contributed by atoms with Gasteiger partial charge in [-0.1, -0.05) is 13.8 Å². The lowest BCUT2D eigenvalue weighted by atomic mass is 10.3. The minimum atomic E-state index is 0.349. The fourth-order valence-corrected chi connectivity index (χ4v) is 2.76. The summed E-state index contributed by atoms with van der Waals surface area (Å²) in [4.78, 5) is 9.57. The predicted octanol–water partition coefficient (Wildman–Crippen LogP) is 1.95. The van der Waals surface area contributed by atoms with Gasteiger partial charge in [-0.2, -0.15) is 5.26 Å². The van der Waals surface area contributed by atoms with Crippen LogP contribution in [-0.4, -0.2) is 25.0 Å².